The Labute approximate surface area is 93.9 Å². The van der Waals surface area contributed by atoms with Crippen molar-refractivity contribution < 1.29 is 0 Å². The van der Waals surface area contributed by atoms with E-state index in [9.17, 15) is 0 Å². The van der Waals surface area contributed by atoms with Crippen LogP contribution in [-0.2, 0) is 6.54 Å². The minimum Gasteiger partial charge on any atom is -0.381 e. The lowest BCUT2D eigenvalue weighted by molar-refractivity contribution is 0.667. The van der Waals surface area contributed by atoms with Crippen molar-refractivity contribution in [1.82, 2.24) is 9.78 Å². The van der Waals surface area contributed by atoms with Crippen LogP contribution in [0.15, 0.2) is 30.3 Å². The number of nitrogens with zero attached hydrogens (tertiary/aromatic N) is 3. The fraction of sp³-hybridized carbons (Fsp3) is 0.167. The first kappa shape index (κ1) is 10.2. The second-order valence-electron chi connectivity index (χ2n) is 3.60. The van der Waals surface area contributed by atoms with Crippen molar-refractivity contribution in [3.05, 3.63) is 47.2 Å². The zero-order valence-electron chi connectivity index (χ0n) is 9.01. The maximum absolute atomic E-state index is 8.90. The van der Waals surface area contributed by atoms with Crippen molar-refractivity contribution in [2.45, 2.75) is 13.5 Å². The molecule has 0 unspecified atom stereocenters. The molecule has 0 bridgehead atoms. The number of benzene rings is 1. The van der Waals surface area contributed by atoms with Crippen LogP contribution in [0.4, 0.5) is 5.82 Å². The number of hydrogen-bond donors (Lipinski definition) is 1. The van der Waals surface area contributed by atoms with Crippen LogP contribution in [0.5, 0.6) is 0 Å². The van der Waals surface area contributed by atoms with E-state index in [1.54, 1.807) is 4.68 Å². The van der Waals surface area contributed by atoms with Gasteiger partial charge in [-0.15, -0.1) is 0 Å². The first-order valence-corrected chi connectivity index (χ1v) is 4.99. The van der Waals surface area contributed by atoms with Gasteiger partial charge in [-0.3, -0.25) is 4.68 Å². The van der Waals surface area contributed by atoms with Gasteiger partial charge in [0.05, 0.1) is 12.2 Å². The van der Waals surface area contributed by atoms with E-state index >= 15 is 0 Å². The molecule has 0 saturated carbocycles. The fourth-order valence-corrected chi connectivity index (χ4v) is 1.62. The summed E-state index contributed by atoms with van der Waals surface area (Å²) >= 11 is 0. The van der Waals surface area contributed by atoms with Crippen molar-refractivity contribution in [1.29, 1.82) is 5.26 Å². The third-order valence-corrected chi connectivity index (χ3v) is 2.52. The van der Waals surface area contributed by atoms with Crippen molar-refractivity contribution >= 4 is 5.82 Å². The largest absolute Gasteiger partial charge is 0.381 e. The maximum Gasteiger partial charge on any atom is 0.163 e. The zero-order chi connectivity index (χ0) is 11.5. The molecule has 1 aromatic carbocycles. The van der Waals surface area contributed by atoms with E-state index in [1.165, 1.54) is 0 Å². The molecule has 0 spiro atoms. The second-order valence-corrected chi connectivity index (χ2v) is 3.60. The molecule has 0 radical (unpaired) electrons. The summed E-state index contributed by atoms with van der Waals surface area (Å²) in [5.41, 5.74) is 8.07. The van der Waals surface area contributed by atoms with Gasteiger partial charge in [0.15, 0.2) is 5.82 Å². The Morgan fingerprint density at radius 3 is 2.62 bits per heavy atom. The molecule has 16 heavy (non-hydrogen) atoms. The van der Waals surface area contributed by atoms with Crippen LogP contribution in [0.2, 0.25) is 0 Å². The van der Waals surface area contributed by atoms with Gasteiger partial charge >= 0.3 is 0 Å². The Morgan fingerprint density at radius 1 is 1.38 bits per heavy atom. The molecule has 0 amide bonds. The number of nitrogens with two attached hydrogens (primary N) is 1. The summed E-state index contributed by atoms with van der Waals surface area (Å²) in [5.74, 6) is 0.302. The Balaban J connectivity index is 2.34. The number of anilines is 1. The molecular formula is C12H12N4. The van der Waals surface area contributed by atoms with Gasteiger partial charge in [0.25, 0.3) is 0 Å². The summed E-state index contributed by atoms with van der Waals surface area (Å²) in [4.78, 5) is 0. The van der Waals surface area contributed by atoms with Gasteiger partial charge in [0.1, 0.15) is 11.6 Å². The van der Waals surface area contributed by atoms with Crippen molar-refractivity contribution in [3.63, 3.8) is 0 Å². The summed E-state index contributed by atoms with van der Waals surface area (Å²) in [5, 5.41) is 13.0. The summed E-state index contributed by atoms with van der Waals surface area (Å²) in [6.07, 6.45) is 0. The van der Waals surface area contributed by atoms with Crippen LogP contribution < -0.4 is 5.73 Å². The Morgan fingerprint density at radius 2 is 2.06 bits per heavy atom. The minimum atomic E-state index is 0.302. The number of aromatic nitrogens is 2. The molecule has 1 aromatic heterocycles. The van der Waals surface area contributed by atoms with Crippen LogP contribution in [-0.4, -0.2) is 9.78 Å². The first-order valence-electron chi connectivity index (χ1n) is 4.99. The second kappa shape index (κ2) is 4.07. The smallest absolute Gasteiger partial charge is 0.163 e. The summed E-state index contributed by atoms with van der Waals surface area (Å²) in [6, 6.07) is 12.0. The molecule has 0 aliphatic carbocycles. The van der Waals surface area contributed by atoms with E-state index < -0.39 is 0 Å². The van der Waals surface area contributed by atoms with Gasteiger partial charge in [0.2, 0.25) is 0 Å². The average molecular weight is 212 g/mol. The monoisotopic (exact) mass is 212 g/mol. The average Bonchev–Trinajstić information content (AvgIpc) is 2.55. The molecule has 0 aliphatic rings. The number of rotatable bonds is 2. The zero-order valence-corrected chi connectivity index (χ0v) is 9.01. The van der Waals surface area contributed by atoms with Crippen LogP contribution in [0.3, 0.4) is 0 Å². The highest BCUT2D eigenvalue weighted by atomic mass is 15.3. The number of hydrogen-bond acceptors (Lipinski definition) is 3. The summed E-state index contributed by atoms with van der Waals surface area (Å²) < 4.78 is 1.75. The maximum atomic E-state index is 8.90. The topological polar surface area (TPSA) is 67.6 Å². The first-order chi connectivity index (χ1) is 7.72. The van der Waals surface area contributed by atoms with E-state index in [0.29, 0.717) is 17.9 Å². The summed E-state index contributed by atoms with van der Waals surface area (Å²) in [6.45, 7) is 2.49. The number of nitrogen functional groups attached to an aromatic ring is 1. The molecule has 4 heteroatoms. The van der Waals surface area contributed by atoms with E-state index in [0.717, 1.165) is 11.3 Å². The standard InChI is InChI=1S/C12H12N4/c1-9-11(7-13)12(14)15-16(9)8-10-5-3-2-4-6-10/h2-6H,8H2,1H3,(H2,14,15). The SMILES string of the molecule is Cc1c(C#N)c(N)nn1Cc1ccccc1. The molecule has 0 fully saturated rings. The minimum absolute atomic E-state index is 0.302. The summed E-state index contributed by atoms with van der Waals surface area (Å²) in [7, 11) is 0. The highest BCUT2D eigenvalue weighted by Gasteiger charge is 2.11. The Kier molecular flexibility index (Phi) is 2.61. The highest BCUT2D eigenvalue weighted by Crippen LogP contribution is 2.15. The van der Waals surface area contributed by atoms with Gasteiger partial charge in [-0.1, -0.05) is 30.3 Å². The molecule has 0 atom stereocenters. The quantitative estimate of drug-likeness (QED) is 0.823. The third kappa shape index (κ3) is 1.75. The van der Waals surface area contributed by atoms with Crippen LogP contribution in [0.25, 0.3) is 0 Å². The van der Waals surface area contributed by atoms with Crippen molar-refractivity contribution in [2.75, 3.05) is 5.73 Å². The molecular weight excluding hydrogens is 200 g/mol. The lowest BCUT2D eigenvalue weighted by Crippen LogP contribution is -2.04. The van der Waals surface area contributed by atoms with Gasteiger partial charge in [-0.05, 0) is 12.5 Å². The predicted octanol–water partition coefficient (Wildman–Crippen LogP) is 1.69. The lowest BCUT2D eigenvalue weighted by Gasteiger charge is -2.03. The molecule has 2 aromatic rings. The van der Waals surface area contributed by atoms with Crippen molar-refractivity contribution in [3.8, 4) is 6.07 Å². The predicted molar refractivity (Wildman–Crippen MR) is 61.6 cm³/mol. The molecule has 0 aliphatic heterocycles. The van der Waals surface area contributed by atoms with Gasteiger partial charge in [-0.2, -0.15) is 10.4 Å². The third-order valence-electron chi connectivity index (χ3n) is 2.52. The van der Waals surface area contributed by atoms with Gasteiger partial charge in [0, 0.05) is 0 Å². The van der Waals surface area contributed by atoms with Gasteiger partial charge < -0.3 is 5.73 Å². The van der Waals surface area contributed by atoms with Crippen LogP contribution in [0, 0.1) is 18.3 Å². The number of nitriles is 1. The van der Waals surface area contributed by atoms with E-state index in [-0.39, 0.29) is 0 Å². The highest BCUT2D eigenvalue weighted by molar-refractivity contribution is 5.51. The van der Waals surface area contributed by atoms with E-state index in [2.05, 4.69) is 11.2 Å². The fourth-order valence-electron chi connectivity index (χ4n) is 1.62. The van der Waals surface area contributed by atoms with E-state index in [1.807, 2.05) is 37.3 Å². The Hall–Kier alpha value is -2.28. The lowest BCUT2D eigenvalue weighted by atomic mass is 10.2. The molecule has 1 heterocycles. The Bertz CT molecular complexity index is 534. The molecule has 80 valence electrons. The molecule has 2 N–H and O–H groups in total. The van der Waals surface area contributed by atoms with E-state index in [4.69, 9.17) is 11.0 Å². The molecule has 2 rings (SSSR count). The van der Waals surface area contributed by atoms with Crippen LogP contribution >= 0.6 is 0 Å². The molecule has 4 nitrogen and oxygen atoms in total. The van der Waals surface area contributed by atoms with Gasteiger partial charge in [-0.25, -0.2) is 0 Å². The molecule has 0 saturated heterocycles. The normalized spacial score (nSPS) is 10.0. The van der Waals surface area contributed by atoms with Crippen molar-refractivity contribution in [2.24, 2.45) is 0 Å². The van der Waals surface area contributed by atoms with Crippen LogP contribution in [0.1, 0.15) is 16.8 Å².